The lowest BCUT2D eigenvalue weighted by Crippen LogP contribution is -2.56. The van der Waals surface area contributed by atoms with Crippen LogP contribution in [0.25, 0.3) is 0 Å². The van der Waals surface area contributed by atoms with E-state index in [4.69, 9.17) is 0 Å². The maximum absolute atomic E-state index is 13.9. The first-order chi connectivity index (χ1) is 19.9. The van der Waals surface area contributed by atoms with Gasteiger partial charge in [0.1, 0.15) is 17.7 Å². The number of hydrogen-bond acceptors (Lipinski definition) is 6. The Morgan fingerprint density at radius 3 is 2.10 bits per heavy atom. The van der Waals surface area contributed by atoms with E-state index in [1.165, 1.54) is 6.92 Å². The van der Waals surface area contributed by atoms with Crippen LogP contribution in [-0.4, -0.2) is 61.1 Å². The molecule has 0 unspecified atom stereocenters. The molecular formula is C31H45F2N3O5S. The van der Waals surface area contributed by atoms with Crippen molar-refractivity contribution in [1.29, 1.82) is 0 Å². The molecule has 0 aromatic heterocycles. The summed E-state index contributed by atoms with van der Waals surface area (Å²) in [6.07, 6.45) is 1.69. The minimum Gasteiger partial charge on any atom is -0.390 e. The normalized spacial score (nSPS) is 13.9. The van der Waals surface area contributed by atoms with Crippen molar-refractivity contribution >= 4 is 21.7 Å². The molecule has 3 atom stereocenters. The third-order valence-electron chi connectivity index (χ3n) is 7.07. The van der Waals surface area contributed by atoms with Gasteiger partial charge in [-0.3, -0.25) is 9.59 Å². The third-order valence-corrected chi connectivity index (χ3v) is 9.36. The number of aliphatic hydroxyl groups excluding tert-OH is 1. The molecule has 0 radical (unpaired) electrons. The lowest BCUT2D eigenvalue weighted by atomic mass is 10.00. The van der Waals surface area contributed by atoms with Gasteiger partial charge in [0.15, 0.2) is 9.84 Å². The fraction of sp³-hybridized carbons (Fsp3) is 0.548. The lowest BCUT2D eigenvalue weighted by molar-refractivity contribution is -0.128. The number of benzene rings is 2. The summed E-state index contributed by atoms with van der Waals surface area (Å²) < 4.78 is 54.4. The highest BCUT2D eigenvalue weighted by molar-refractivity contribution is 7.92. The molecule has 42 heavy (non-hydrogen) atoms. The SMILES string of the molecule is CCCC(CCC)S(=O)(=O)C[C@@H](NC(C)=O)C(=O)N[C@@H](Cc1cc(F)cc(F)c1)[C@H](O)CNCc1cccc(CC)c1. The van der Waals surface area contributed by atoms with E-state index in [1.807, 2.05) is 45.0 Å². The average molecular weight is 610 g/mol. The van der Waals surface area contributed by atoms with Crippen molar-refractivity contribution in [1.82, 2.24) is 16.0 Å². The summed E-state index contributed by atoms with van der Waals surface area (Å²) >= 11 is 0. The summed E-state index contributed by atoms with van der Waals surface area (Å²) in [4.78, 5) is 25.4. The van der Waals surface area contributed by atoms with Gasteiger partial charge in [-0.1, -0.05) is 57.9 Å². The van der Waals surface area contributed by atoms with Gasteiger partial charge in [-0.05, 0) is 54.5 Å². The molecule has 0 aliphatic carbocycles. The van der Waals surface area contributed by atoms with E-state index in [-0.39, 0.29) is 18.5 Å². The van der Waals surface area contributed by atoms with Gasteiger partial charge in [-0.2, -0.15) is 0 Å². The van der Waals surface area contributed by atoms with E-state index in [1.54, 1.807) is 0 Å². The van der Waals surface area contributed by atoms with Crippen LogP contribution in [0, 0.1) is 11.6 Å². The van der Waals surface area contributed by atoms with Crippen LogP contribution in [-0.2, 0) is 38.8 Å². The fourth-order valence-corrected chi connectivity index (χ4v) is 7.12. The van der Waals surface area contributed by atoms with E-state index in [0.29, 0.717) is 32.2 Å². The standard InChI is InChI=1S/C31H45F2N3O5S/c1-5-9-27(10-6-2)42(40,41)20-29(35-21(4)37)31(39)36-28(16-24-14-25(32)17-26(33)15-24)30(38)19-34-18-23-12-8-11-22(7-3)13-23/h8,11-15,17,27-30,34,38H,5-7,9-10,16,18-20H2,1-4H3,(H,35,37)(H,36,39)/t28-,29+,30+/m0/s1. The molecule has 234 valence electrons. The van der Waals surface area contributed by atoms with E-state index in [0.717, 1.165) is 35.7 Å². The van der Waals surface area contributed by atoms with Gasteiger partial charge in [-0.25, -0.2) is 17.2 Å². The highest BCUT2D eigenvalue weighted by Gasteiger charge is 2.33. The quantitative estimate of drug-likeness (QED) is 0.205. The Morgan fingerprint density at radius 2 is 1.52 bits per heavy atom. The molecule has 0 bridgehead atoms. The van der Waals surface area contributed by atoms with Crippen LogP contribution in [0.4, 0.5) is 8.78 Å². The predicted octanol–water partition coefficient (Wildman–Crippen LogP) is 3.59. The van der Waals surface area contributed by atoms with Crippen molar-refractivity contribution in [2.75, 3.05) is 12.3 Å². The molecule has 0 saturated heterocycles. The van der Waals surface area contributed by atoms with E-state index >= 15 is 0 Å². The first-order valence-electron chi connectivity index (χ1n) is 14.6. The number of carbonyl (C=O) groups excluding carboxylic acids is 2. The number of aryl methyl sites for hydroxylation is 1. The molecule has 0 saturated carbocycles. The summed E-state index contributed by atoms with van der Waals surface area (Å²) in [5.74, 6) is -3.62. The number of sulfone groups is 1. The predicted molar refractivity (Wildman–Crippen MR) is 161 cm³/mol. The second kappa shape index (κ2) is 17.3. The summed E-state index contributed by atoms with van der Waals surface area (Å²) in [6.45, 7) is 7.45. The Bertz CT molecular complexity index is 1250. The number of rotatable bonds is 18. The molecule has 0 spiro atoms. The Kier molecular flexibility index (Phi) is 14.5. The molecular weight excluding hydrogens is 564 g/mol. The van der Waals surface area contributed by atoms with Gasteiger partial charge in [-0.15, -0.1) is 0 Å². The lowest BCUT2D eigenvalue weighted by Gasteiger charge is -2.28. The Morgan fingerprint density at radius 1 is 0.905 bits per heavy atom. The van der Waals surface area contributed by atoms with E-state index < -0.39 is 62.5 Å². The molecule has 2 aromatic carbocycles. The minimum absolute atomic E-state index is 0.0251. The number of carbonyl (C=O) groups is 2. The number of amides is 2. The maximum Gasteiger partial charge on any atom is 0.243 e. The molecule has 4 N–H and O–H groups in total. The van der Waals surface area contributed by atoms with Gasteiger partial charge < -0.3 is 21.1 Å². The molecule has 0 aliphatic rings. The highest BCUT2D eigenvalue weighted by atomic mass is 32.2. The smallest absolute Gasteiger partial charge is 0.243 e. The zero-order valence-corrected chi connectivity index (χ0v) is 25.8. The van der Waals surface area contributed by atoms with Crippen LogP contribution < -0.4 is 16.0 Å². The number of nitrogens with one attached hydrogen (secondary N) is 3. The summed E-state index contributed by atoms with van der Waals surface area (Å²) in [5.41, 5.74) is 2.35. The van der Waals surface area contributed by atoms with Crippen molar-refractivity contribution in [3.8, 4) is 0 Å². The number of hydrogen-bond donors (Lipinski definition) is 4. The fourth-order valence-electron chi connectivity index (χ4n) is 4.96. The molecule has 0 heterocycles. The molecule has 11 heteroatoms. The van der Waals surface area contributed by atoms with Crippen LogP contribution in [0.3, 0.4) is 0 Å². The van der Waals surface area contributed by atoms with Crippen molar-refractivity contribution in [3.63, 3.8) is 0 Å². The number of aliphatic hydroxyl groups is 1. The summed E-state index contributed by atoms with van der Waals surface area (Å²) in [6, 6.07) is 8.41. The zero-order chi connectivity index (χ0) is 31.3. The van der Waals surface area contributed by atoms with Crippen LogP contribution >= 0.6 is 0 Å². The molecule has 2 amide bonds. The molecule has 0 fully saturated rings. The minimum atomic E-state index is -3.76. The average Bonchev–Trinajstić information content (AvgIpc) is 2.91. The second-order valence-corrected chi connectivity index (χ2v) is 13.1. The summed E-state index contributed by atoms with van der Waals surface area (Å²) in [5, 5.41) is 18.7. The zero-order valence-electron chi connectivity index (χ0n) is 25.0. The van der Waals surface area contributed by atoms with Crippen molar-refractivity contribution in [2.24, 2.45) is 0 Å². The first-order valence-corrected chi connectivity index (χ1v) is 16.3. The van der Waals surface area contributed by atoms with E-state index in [2.05, 4.69) is 16.0 Å². The van der Waals surface area contributed by atoms with Crippen molar-refractivity contribution in [2.45, 2.75) is 96.2 Å². The van der Waals surface area contributed by atoms with Gasteiger partial charge in [0.2, 0.25) is 11.8 Å². The molecule has 8 nitrogen and oxygen atoms in total. The van der Waals surface area contributed by atoms with Crippen molar-refractivity contribution in [3.05, 3.63) is 70.8 Å². The van der Waals surface area contributed by atoms with Crippen LogP contribution in [0.1, 0.15) is 70.1 Å². The van der Waals surface area contributed by atoms with Crippen LogP contribution in [0.5, 0.6) is 0 Å². The van der Waals surface area contributed by atoms with Crippen LogP contribution in [0.15, 0.2) is 42.5 Å². The Labute approximate surface area is 248 Å². The van der Waals surface area contributed by atoms with E-state index in [9.17, 15) is 31.9 Å². The second-order valence-electron chi connectivity index (χ2n) is 10.8. The largest absolute Gasteiger partial charge is 0.390 e. The van der Waals surface area contributed by atoms with Crippen molar-refractivity contribution < 1.29 is 31.9 Å². The van der Waals surface area contributed by atoms with Gasteiger partial charge in [0.05, 0.1) is 23.1 Å². The Balaban J connectivity index is 2.26. The highest BCUT2D eigenvalue weighted by Crippen LogP contribution is 2.18. The Hall–Kier alpha value is -2.89. The molecule has 0 aliphatic heterocycles. The molecule has 2 rings (SSSR count). The van der Waals surface area contributed by atoms with Crippen LogP contribution in [0.2, 0.25) is 0 Å². The number of halogens is 2. The monoisotopic (exact) mass is 609 g/mol. The topological polar surface area (TPSA) is 125 Å². The summed E-state index contributed by atoms with van der Waals surface area (Å²) in [7, 11) is -3.76. The first kappa shape index (κ1) is 35.3. The molecule has 2 aromatic rings. The van der Waals surface area contributed by atoms with Gasteiger partial charge >= 0.3 is 0 Å². The maximum atomic E-state index is 13.9. The van der Waals surface area contributed by atoms with Gasteiger partial charge in [0, 0.05) is 26.1 Å². The van der Waals surface area contributed by atoms with Gasteiger partial charge in [0.25, 0.3) is 0 Å². The third kappa shape index (κ3) is 11.8.